The molecular formula is C20H26N2O4S. The third kappa shape index (κ3) is 6.16. The molecular weight excluding hydrogens is 364 g/mol. The highest BCUT2D eigenvalue weighted by atomic mass is 32.2. The number of sulfonamides is 1. The number of nitrogens with one attached hydrogen (secondary N) is 2. The number of ether oxygens (including phenoxy) is 1. The Morgan fingerprint density at radius 2 is 1.81 bits per heavy atom. The molecule has 2 rings (SSSR count). The molecule has 6 nitrogen and oxygen atoms in total. The summed E-state index contributed by atoms with van der Waals surface area (Å²) in [7, 11) is -2.11. The van der Waals surface area contributed by atoms with E-state index < -0.39 is 10.0 Å². The first-order chi connectivity index (χ1) is 12.8. The monoisotopic (exact) mass is 390 g/mol. The number of methoxy groups -OCH3 is 1. The number of amides is 1. The van der Waals surface area contributed by atoms with Gasteiger partial charge in [-0.25, -0.2) is 13.1 Å². The Labute approximate surface area is 161 Å². The van der Waals surface area contributed by atoms with Gasteiger partial charge in [0.05, 0.1) is 4.90 Å². The average molecular weight is 391 g/mol. The Bertz CT molecular complexity index is 862. The Balaban J connectivity index is 2.08. The highest BCUT2D eigenvalue weighted by Gasteiger charge is 2.16. The van der Waals surface area contributed by atoms with Crippen molar-refractivity contribution < 1.29 is 17.9 Å². The predicted octanol–water partition coefficient (Wildman–Crippen LogP) is 3.38. The zero-order valence-electron chi connectivity index (χ0n) is 15.9. The quantitative estimate of drug-likeness (QED) is 0.643. The summed E-state index contributed by atoms with van der Waals surface area (Å²) in [5, 5.41) is 2.79. The van der Waals surface area contributed by atoms with Crippen LogP contribution in [-0.2, 0) is 14.8 Å². The lowest BCUT2D eigenvalue weighted by molar-refractivity contribution is 0.102. The summed E-state index contributed by atoms with van der Waals surface area (Å²) < 4.78 is 32.1. The van der Waals surface area contributed by atoms with E-state index in [0.29, 0.717) is 24.6 Å². The Morgan fingerprint density at radius 3 is 2.44 bits per heavy atom. The van der Waals surface area contributed by atoms with Gasteiger partial charge in [-0.2, -0.15) is 0 Å². The molecule has 0 heterocycles. The van der Waals surface area contributed by atoms with Crippen LogP contribution in [0, 0.1) is 0 Å². The van der Waals surface area contributed by atoms with E-state index in [2.05, 4.69) is 23.9 Å². The van der Waals surface area contributed by atoms with Crippen molar-refractivity contribution in [2.75, 3.05) is 25.6 Å². The molecule has 0 saturated heterocycles. The molecule has 27 heavy (non-hydrogen) atoms. The van der Waals surface area contributed by atoms with Gasteiger partial charge in [-0.15, -0.1) is 0 Å². The van der Waals surface area contributed by atoms with Crippen LogP contribution in [0.5, 0.6) is 0 Å². The molecule has 0 aliphatic heterocycles. The van der Waals surface area contributed by atoms with Gasteiger partial charge in [0.25, 0.3) is 5.91 Å². The minimum Gasteiger partial charge on any atom is -0.385 e. The minimum atomic E-state index is -3.67. The van der Waals surface area contributed by atoms with Crippen molar-refractivity contribution in [1.82, 2.24) is 4.72 Å². The normalized spacial score (nSPS) is 11.6. The van der Waals surface area contributed by atoms with Crippen molar-refractivity contribution in [1.29, 1.82) is 0 Å². The Kier molecular flexibility index (Phi) is 7.53. The Morgan fingerprint density at radius 1 is 1.11 bits per heavy atom. The lowest BCUT2D eigenvalue weighted by Crippen LogP contribution is -2.26. The van der Waals surface area contributed by atoms with E-state index in [-0.39, 0.29) is 22.9 Å². The summed E-state index contributed by atoms with van der Waals surface area (Å²) in [5.74, 6) is 0.0526. The first-order valence-corrected chi connectivity index (χ1v) is 10.3. The number of hydrogen-bond acceptors (Lipinski definition) is 4. The minimum absolute atomic E-state index is 0.0581. The summed E-state index contributed by atoms with van der Waals surface area (Å²) >= 11 is 0. The van der Waals surface area contributed by atoms with Gasteiger partial charge in [0.15, 0.2) is 0 Å². The summed E-state index contributed by atoms with van der Waals surface area (Å²) in [5.41, 5.74) is 2.12. The van der Waals surface area contributed by atoms with Gasteiger partial charge < -0.3 is 10.1 Å². The van der Waals surface area contributed by atoms with Crippen LogP contribution in [0.1, 0.15) is 42.1 Å². The maximum Gasteiger partial charge on any atom is 0.255 e. The molecule has 146 valence electrons. The molecule has 1 amide bonds. The van der Waals surface area contributed by atoms with Gasteiger partial charge in [-0.3, -0.25) is 4.79 Å². The molecule has 0 fully saturated rings. The third-order valence-corrected chi connectivity index (χ3v) is 5.52. The van der Waals surface area contributed by atoms with E-state index in [1.54, 1.807) is 19.2 Å². The molecule has 0 aliphatic carbocycles. The fourth-order valence-corrected chi connectivity index (χ4v) is 3.59. The number of rotatable bonds is 9. The van der Waals surface area contributed by atoms with Crippen LogP contribution < -0.4 is 10.0 Å². The molecule has 0 bridgehead atoms. The highest BCUT2D eigenvalue weighted by Crippen LogP contribution is 2.18. The standard InChI is InChI=1S/C20H26N2O4S/c1-15(2)16-8-10-18(11-9-16)22-20(23)17-6-4-7-19(14-17)27(24,25)21-12-5-13-26-3/h4,6-11,14-15,21H,5,12-13H2,1-3H3,(H,22,23). The van der Waals surface area contributed by atoms with Gasteiger partial charge in [-0.1, -0.05) is 32.0 Å². The fraction of sp³-hybridized carbons (Fsp3) is 0.350. The zero-order valence-corrected chi connectivity index (χ0v) is 16.7. The SMILES string of the molecule is COCCCNS(=O)(=O)c1cccc(C(=O)Nc2ccc(C(C)C)cc2)c1. The second kappa shape index (κ2) is 9.64. The summed E-state index contributed by atoms with van der Waals surface area (Å²) in [6, 6.07) is 13.6. The van der Waals surface area contributed by atoms with Crippen molar-refractivity contribution in [3.63, 3.8) is 0 Å². The third-order valence-electron chi connectivity index (χ3n) is 4.06. The molecule has 0 unspecified atom stereocenters. The lowest BCUT2D eigenvalue weighted by atomic mass is 10.0. The average Bonchev–Trinajstić information content (AvgIpc) is 2.66. The van der Waals surface area contributed by atoms with Gasteiger partial charge in [0.2, 0.25) is 10.0 Å². The van der Waals surface area contributed by atoms with E-state index in [4.69, 9.17) is 4.74 Å². The summed E-state index contributed by atoms with van der Waals surface area (Å²) in [6.45, 7) is 4.95. The molecule has 0 saturated carbocycles. The van der Waals surface area contributed by atoms with Gasteiger partial charge >= 0.3 is 0 Å². The fourth-order valence-electron chi connectivity index (χ4n) is 2.47. The number of carbonyl (C=O) groups is 1. The van der Waals surface area contributed by atoms with Crippen LogP contribution in [-0.4, -0.2) is 34.6 Å². The molecule has 0 atom stereocenters. The van der Waals surface area contributed by atoms with Crippen molar-refractivity contribution in [2.45, 2.75) is 31.1 Å². The zero-order chi connectivity index (χ0) is 19.9. The van der Waals surface area contributed by atoms with Gasteiger partial charge in [0, 0.05) is 31.5 Å². The molecule has 0 spiro atoms. The van der Waals surface area contributed by atoms with Crippen molar-refractivity contribution in [2.24, 2.45) is 0 Å². The highest BCUT2D eigenvalue weighted by molar-refractivity contribution is 7.89. The van der Waals surface area contributed by atoms with E-state index in [1.165, 1.54) is 17.7 Å². The van der Waals surface area contributed by atoms with E-state index in [0.717, 1.165) is 0 Å². The number of carbonyl (C=O) groups excluding carboxylic acids is 1. The molecule has 7 heteroatoms. The Hall–Kier alpha value is -2.22. The number of hydrogen-bond donors (Lipinski definition) is 2. The molecule has 2 N–H and O–H groups in total. The van der Waals surface area contributed by atoms with Crippen LogP contribution in [0.2, 0.25) is 0 Å². The summed E-state index contributed by atoms with van der Waals surface area (Å²) in [4.78, 5) is 12.5. The van der Waals surface area contributed by atoms with Crippen LogP contribution in [0.3, 0.4) is 0 Å². The molecule has 0 aliphatic rings. The molecule has 2 aromatic rings. The van der Waals surface area contributed by atoms with Gasteiger partial charge in [-0.05, 0) is 48.2 Å². The van der Waals surface area contributed by atoms with Crippen LogP contribution >= 0.6 is 0 Å². The van der Waals surface area contributed by atoms with Crippen molar-refractivity contribution in [3.05, 3.63) is 59.7 Å². The number of anilines is 1. The second-order valence-corrected chi connectivity index (χ2v) is 8.27. The predicted molar refractivity (Wildman–Crippen MR) is 107 cm³/mol. The first-order valence-electron chi connectivity index (χ1n) is 8.83. The van der Waals surface area contributed by atoms with Crippen LogP contribution in [0.15, 0.2) is 53.4 Å². The van der Waals surface area contributed by atoms with Crippen molar-refractivity contribution in [3.8, 4) is 0 Å². The van der Waals surface area contributed by atoms with E-state index in [9.17, 15) is 13.2 Å². The van der Waals surface area contributed by atoms with Crippen molar-refractivity contribution >= 4 is 21.6 Å². The van der Waals surface area contributed by atoms with E-state index >= 15 is 0 Å². The lowest BCUT2D eigenvalue weighted by Gasteiger charge is -2.10. The maximum absolute atomic E-state index is 12.5. The smallest absolute Gasteiger partial charge is 0.255 e. The molecule has 0 aromatic heterocycles. The topological polar surface area (TPSA) is 84.5 Å². The largest absolute Gasteiger partial charge is 0.385 e. The number of benzene rings is 2. The second-order valence-electron chi connectivity index (χ2n) is 6.50. The molecule has 2 aromatic carbocycles. The molecule has 0 radical (unpaired) electrons. The van der Waals surface area contributed by atoms with E-state index in [1.807, 2.05) is 24.3 Å². The summed E-state index contributed by atoms with van der Waals surface area (Å²) in [6.07, 6.45) is 0.572. The van der Waals surface area contributed by atoms with Crippen LogP contribution in [0.4, 0.5) is 5.69 Å². The van der Waals surface area contributed by atoms with Crippen LogP contribution in [0.25, 0.3) is 0 Å². The maximum atomic E-state index is 12.5. The first kappa shape index (κ1) is 21.1. The van der Waals surface area contributed by atoms with Gasteiger partial charge in [0.1, 0.15) is 0 Å².